The molecular formula is C17H22FN3O. The van der Waals surface area contributed by atoms with Crippen LogP contribution >= 0.6 is 0 Å². The molecule has 3 aliphatic heterocycles. The van der Waals surface area contributed by atoms with Crippen molar-refractivity contribution in [2.24, 2.45) is 11.7 Å². The third-order valence-electron chi connectivity index (χ3n) is 5.71. The predicted molar refractivity (Wildman–Crippen MR) is 81.8 cm³/mol. The smallest absolute Gasteiger partial charge is 0.315 e. The molecular weight excluding hydrogens is 281 g/mol. The SMILES string of the molecule is NC(=O)N1CCCC2CN3CCc4cc(F)ccc4C3CC21. The highest BCUT2D eigenvalue weighted by atomic mass is 19.1. The zero-order valence-electron chi connectivity index (χ0n) is 12.7. The number of rotatable bonds is 0. The zero-order valence-corrected chi connectivity index (χ0v) is 12.7. The fraction of sp³-hybridized carbons (Fsp3) is 0.588. The van der Waals surface area contributed by atoms with Crippen LogP contribution in [0.25, 0.3) is 0 Å². The van der Waals surface area contributed by atoms with Crippen LogP contribution in [-0.4, -0.2) is 41.5 Å². The van der Waals surface area contributed by atoms with Crippen molar-refractivity contribution in [2.75, 3.05) is 19.6 Å². The Hall–Kier alpha value is -1.62. The van der Waals surface area contributed by atoms with Gasteiger partial charge < -0.3 is 10.6 Å². The van der Waals surface area contributed by atoms with Crippen LogP contribution in [0.5, 0.6) is 0 Å². The van der Waals surface area contributed by atoms with Crippen molar-refractivity contribution in [1.82, 2.24) is 9.80 Å². The molecule has 0 spiro atoms. The standard InChI is InChI=1S/C17H22FN3O/c18-13-3-4-14-11(8-13)5-7-20-10-12-2-1-6-21(17(19)22)15(12)9-16(14)20/h3-4,8,12,15-16H,1-2,5-7,9-10H2,(H2,19,22). The van der Waals surface area contributed by atoms with E-state index in [4.69, 9.17) is 5.73 Å². The molecule has 3 aliphatic rings. The van der Waals surface area contributed by atoms with E-state index in [1.807, 2.05) is 11.0 Å². The fourth-order valence-electron chi connectivity index (χ4n) is 4.70. The Bertz CT molecular complexity index is 606. The minimum Gasteiger partial charge on any atom is -0.351 e. The lowest BCUT2D eigenvalue weighted by molar-refractivity contribution is 0.00738. The van der Waals surface area contributed by atoms with E-state index < -0.39 is 0 Å². The van der Waals surface area contributed by atoms with Gasteiger partial charge in [-0.05, 0) is 54.9 Å². The minimum absolute atomic E-state index is 0.155. The van der Waals surface area contributed by atoms with Gasteiger partial charge >= 0.3 is 6.03 Å². The van der Waals surface area contributed by atoms with E-state index in [9.17, 15) is 9.18 Å². The molecule has 0 aliphatic carbocycles. The van der Waals surface area contributed by atoms with Gasteiger partial charge in [0.1, 0.15) is 5.82 Å². The summed E-state index contributed by atoms with van der Waals surface area (Å²) in [6.45, 7) is 2.79. The average Bonchev–Trinajstić information content (AvgIpc) is 2.51. The van der Waals surface area contributed by atoms with Crippen LogP contribution in [0.15, 0.2) is 18.2 Å². The van der Waals surface area contributed by atoms with Crippen LogP contribution in [0.2, 0.25) is 0 Å². The van der Waals surface area contributed by atoms with Crippen LogP contribution in [-0.2, 0) is 6.42 Å². The van der Waals surface area contributed by atoms with Crippen LogP contribution in [0.3, 0.4) is 0 Å². The second-order valence-electron chi connectivity index (χ2n) is 6.84. The van der Waals surface area contributed by atoms with Crippen molar-refractivity contribution in [3.8, 4) is 0 Å². The molecule has 118 valence electrons. The highest BCUT2D eigenvalue weighted by Crippen LogP contribution is 2.42. The van der Waals surface area contributed by atoms with Gasteiger partial charge in [-0.1, -0.05) is 6.07 Å². The molecule has 2 amide bonds. The Morgan fingerprint density at radius 3 is 3.00 bits per heavy atom. The number of benzene rings is 1. The number of primary amides is 1. The molecule has 0 bridgehead atoms. The third kappa shape index (κ3) is 2.19. The number of halogens is 1. The zero-order chi connectivity index (χ0) is 15.3. The van der Waals surface area contributed by atoms with Crippen molar-refractivity contribution in [1.29, 1.82) is 0 Å². The van der Waals surface area contributed by atoms with Gasteiger partial charge in [-0.25, -0.2) is 9.18 Å². The fourth-order valence-corrected chi connectivity index (χ4v) is 4.70. The van der Waals surface area contributed by atoms with Crippen LogP contribution in [0.4, 0.5) is 9.18 Å². The first-order chi connectivity index (χ1) is 10.6. The van der Waals surface area contributed by atoms with Crippen molar-refractivity contribution < 1.29 is 9.18 Å². The number of hydrogen-bond donors (Lipinski definition) is 1. The Labute approximate surface area is 130 Å². The van der Waals surface area contributed by atoms with Crippen molar-refractivity contribution in [2.45, 2.75) is 37.8 Å². The first-order valence-electron chi connectivity index (χ1n) is 8.22. The van der Waals surface area contributed by atoms with Crippen molar-refractivity contribution >= 4 is 6.03 Å². The van der Waals surface area contributed by atoms with E-state index >= 15 is 0 Å². The summed E-state index contributed by atoms with van der Waals surface area (Å²) in [5.74, 6) is 0.372. The van der Waals surface area contributed by atoms with Crippen LogP contribution < -0.4 is 5.73 Å². The maximum atomic E-state index is 13.5. The number of nitrogens with two attached hydrogens (primary N) is 1. The van der Waals surface area contributed by atoms with E-state index in [1.54, 1.807) is 12.1 Å². The van der Waals surface area contributed by atoms with Crippen LogP contribution in [0.1, 0.15) is 36.4 Å². The molecule has 2 N–H and O–H groups in total. The van der Waals surface area contributed by atoms with Gasteiger partial charge in [0.25, 0.3) is 0 Å². The molecule has 0 aromatic heterocycles. The van der Waals surface area contributed by atoms with Crippen LogP contribution in [0, 0.1) is 11.7 Å². The number of likely N-dealkylation sites (tertiary alicyclic amines) is 1. The number of amides is 2. The molecule has 4 nitrogen and oxygen atoms in total. The molecule has 22 heavy (non-hydrogen) atoms. The average molecular weight is 303 g/mol. The molecule has 5 heteroatoms. The lowest BCUT2D eigenvalue weighted by Gasteiger charge is -2.52. The largest absolute Gasteiger partial charge is 0.351 e. The molecule has 3 heterocycles. The topological polar surface area (TPSA) is 49.6 Å². The molecule has 0 saturated carbocycles. The van der Waals surface area contributed by atoms with Crippen molar-refractivity contribution in [3.63, 3.8) is 0 Å². The normalized spacial score (nSPS) is 31.1. The van der Waals surface area contributed by atoms with Gasteiger partial charge in [0.15, 0.2) is 0 Å². The summed E-state index contributed by atoms with van der Waals surface area (Å²) in [6, 6.07) is 5.40. The molecule has 1 aromatic carbocycles. The van der Waals surface area contributed by atoms with Gasteiger partial charge in [-0.3, -0.25) is 4.90 Å². The number of hydrogen-bond acceptors (Lipinski definition) is 2. The summed E-state index contributed by atoms with van der Waals surface area (Å²) in [6.07, 6.45) is 4.06. The number of carbonyl (C=O) groups is 1. The summed E-state index contributed by atoms with van der Waals surface area (Å²) >= 11 is 0. The summed E-state index contributed by atoms with van der Waals surface area (Å²) < 4.78 is 13.5. The second-order valence-corrected chi connectivity index (χ2v) is 6.84. The summed E-state index contributed by atoms with van der Waals surface area (Å²) in [4.78, 5) is 16.1. The quantitative estimate of drug-likeness (QED) is 0.799. The van der Waals surface area contributed by atoms with Gasteiger partial charge in [-0.2, -0.15) is 0 Å². The molecule has 1 aromatic rings. The molecule has 0 radical (unpaired) electrons. The van der Waals surface area contributed by atoms with Gasteiger partial charge in [0.05, 0.1) is 0 Å². The van der Waals surface area contributed by atoms with E-state index in [-0.39, 0.29) is 17.9 Å². The second kappa shape index (κ2) is 5.23. The molecule has 2 saturated heterocycles. The lowest BCUT2D eigenvalue weighted by Crippen LogP contribution is -2.58. The number of urea groups is 1. The monoisotopic (exact) mass is 303 g/mol. The highest BCUT2D eigenvalue weighted by Gasteiger charge is 2.43. The lowest BCUT2D eigenvalue weighted by atomic mass is 9.77. The molecule has 2 fully saturated rings. The summed E-state index contributed by atoms with van der Waals surface area (Å²) in [5.41, 5.74) is 7.94. The number of fused-ring (bicyclic) bond motifs is 4. The van der Waals surface area contributed by atoms with Gasteiger partial charge in [-0.15, -0.1) is 0 Å². The van der Waals surface area contributed by atoms with E-state index in [2.05, 4.69) is 4.90 Å². The highest BCUT2D eigenvalue weighted by molar-refractivity contribution is 5.72. The molecule has 3 atom stereocenters. The third-order valence-corrected chi connectivity index (χ3v) is 5.71. The van der Waals surface area contributed by atoms with Gasteiger partial charge in [0.2, 0.25) is 0 Å². The summed E-state index contributed by atoms with van der Waals surface area (Å²) in [5, 5.41) is 0. The Morgan fingerprint density at radius 1 is 1.32 bits per heavy atom. The first-order valence-corrected chi connectivity index (χ1v) is 8.22. The molecule has 3 unspecified atom stereocenters. The number of carbonyl (C=O) groups excluding carboxylic acids is 1. The Balaban J connectivity index is 1.65. The van der Waals surface area contributed by atoms with E-state index in [0.29, 0.717) is 12.0 Å². The van der Waals surface area contributed by atoms with Crippen molar-refractivity contribution in [3.05, 3.63) is 35.1 Å². The molecule has 4 rings (SSSR count). The van der Waals surface area contributed by atoms with E-state index in [1.165, 1.54) is 12.0 Å². The van der Waals surface area contributed by atoms with E-state index in [0.717, 1.165) is 44.5 Å². The number of nitrogens with zero attached hydrogens (tertiary/aromatic N) is 2. The van der Waals surface area contributed by atoms with Gasteiger partial charge in [0, 0.05) is 31.7 Å². The maximum Gasteiger partial charge on any atom is 0.315 e. The maximum absolute atomic E-state index is 13.5. The Morgan fingerprint density at radius 2 is 2.18 bits per heavy atom. The Kier molecular flexibility index (Phi) is 3.33. The predicted octanol–water partition coefficient (Wildman–Crippen LogP) is 2.29. The minimum atomic E-state index is -0.293. The summed E-state index contributed by atoms with van der Waals surface area (Å²) in [7, 11) is 0. The number of piperidine rings is 2. The first kappa shape index (κ1) is 14.0.